The number of nitrogens with one attached hydrogen (secondary N) is 1. The van der Waals surface area contributed by atoms with E-state index in [0.717, 1.165) is 22.7 Å². The molecule has 5 heteroatoms. The second-order valence-corrected chi connectivity index (χ2v) is 7.35. The normalized spacial score (nSPS) is 18.4. The van der Waals surface area contributed by atoms with Gasteiger partial charge in [0, 0.05) is 14.7 Å². The fourth-order valence-electron chi connectivity index (χ4n) is 1.92. The molecule has 2 aromatic rings. The van der Waals surface area contributed by atoms with Crippen molar-refractivity contribution in [3.05, 3.63) is 56.7 Å². The summed E-state index contributed by atoms with van der Waals surface area (Å²) in [6.45, 7) is 1.72. The molecule has 1 aliphatic rings. The van der Waals surface area contributed by atoms with Gasteiger partial charge in [-0.3, -0.25) is 4.99 Å². The van der Waals surface area contributed by atoms with E-state index in [-0.39, 0.29) is 0 Å². The maximum absolute atomic E-state index is 4.58. The Morgan fingerprint density at radius 1 is 1.32 bits per heavy atom. The number of hydrogen-bond donors (Lipinski definition) is 1. The first kappa shape index (κ1) is 13.2. The summed E-state index contributed by atoms with van der Waals surface area (Å²) in [6, 6.07) is 12.7. The van der Waals surface area contributed by atoms with Gasteiger partial charge in [-0.05, 0) is 27.6 Å². The van der Waals surface area contributed by atoms with E-state index < -0.39 is 0 Å². The molecule has 0 bridgehead atoms. The molecule has 1 atom stereocenters. The van der Waals surface area contributed by atoms with Gasteiger partial charge in [0.25, 0.3) is 0 Å². The van der Waals surface area contributed by atoms with Crippen LogP contribution in [0.2, 0.25) is 0 Å². The molecule has 0 amide bonds. The molecule has 1 aromatic heterocycles. The summed E-state index contributed by atoms with van der Waals surface area (Å²) in [6.07, 6.45) is 0. The number of rotatable bonds is 3. The Bertz CT molecular complexity index is 580. The Hall–Kier alpha value is -0.780. The minimum atomic E-state index is 0.457. The molecule has 0 radical (unpaired) electrons. The first-order valence-corrected chi connectivity index (χ1v) is 8.59. The Balaban J connectivity index is 1.54. The highest BCUT2D eigenvalue weighted by Gasteiger charge is 2.20. The van der Waals surface area contributed by atoms with E-state index >= 15 is 0 Å². The van der Waals surface area contributed by atoms with Crippen LogP contribution in [0.5, 0.6) is 0 Å². The molecule has 0 saturated heterocycles. The van der Waals surface area contributed by atoms with Crippen LogP contribution in [0.3, 0.4) is 0 Å². The van der Waals surface area contributed by atoms with Crippen LogP contribution in [-0.4, -0.2) is 11.7 Å². The highest BCUT2D eigenvalue weighted by molar-refractivity contribution is 9.10. The summed E-state index contributed by atoms with van der Waals surface area (Å²) < 4.78 is 1.15. The molecule has 0 saturated carbocycles. The van der Waals surface area contributed by atoms with Crippen molar-refractivity contribution in [2.24, 2.45) is 4.99 Å². The van der Waals surface area contributed by atoms with Crippen LogP contribution >= 0.6 is 39.0 Å². The topological polar surface area (TPSA) is 24.4 Å². The molecule has 1 aliphatic heterocycles. The number of benzene rings is 1. The zero-order valence-electron chi connectivity index (χ0n) is 10.2. The van der Waals surface area contributed by atoms with Crippen LogP contribution in [0.15, 0.2) is 51.2 Å². The molecular formula is C14H13BrN2S2. The zero-order valence-corrected chi connectivity index (χ0v) is 13.4. The van der Waals surface area contributed by atoms with Gasteiger partial charge in [0.05, 0.1) is 18.3 Å². The van der Waals surface area contributed by atoms with E-state index in [1.807, 2.05) is 11.8 Å². The van der Waals surface area contributed by atoms with Crippen molar-refractivity contribution in [3.8, 4) is 0 Å². The molecule has 0 fully saturated rings. The number of aliphatic imine (C=N–C) groups is 1. The minimum absolute atomic E-state index is 0.457. The van der Waals surface area contributed by atoms with Crippen LogP contribution in [-0.2, 0) is 6.54 Å². The van der Waals surface area contributed by atoms with E-state index in [0.29, 0.717) is 5.25 Å². The average molecular weight is 353 g/mol. The van der Waals surface area contributed by atoms with E-state index in [2.05, 4.69) is 68.0 Å². The number of thioether (sulfide) groups is 1. The summed E-state index contributed by atoms with van der Waals surface area (Å²) in [4.78, 5) is 5.89. The largest absolute Gasteiger partial charge is 0.360 e. The fraction of sp³-hybridized carbons (Fsp3) is 0.214. The van der Waals surface area contributed by atoms with Gasteiger partial charge in [0.2, 0.25) is 0 Å². The van der Waals surface area contributed by atoms with E-state index in [9.17, 15) is 0 Å². The summed E-state index contributed by atoms with van der Waals surface area (Å²) in [7, 11) is 0. The Kier molecular flexibility index (Phi) is 4.25. The molecule has 2 heterocycles. The van der Waals surface area contributed by atoms with Gasteiger partial charge >= 0.3 is 0 Å². The Morgan fingerprint density at radius 3 is 2.89 bits per heavy atom. The van der Waals surface area contributed by atoms with Crippen LogP contribution in [0.1, 0.15) is 15.7 Å². The number of hydrogen-bond acceptors (Lipinski definition) is 4. The third-order valence-corrected chi connectivity index (χ3v) is 5.76. The Morgan fingerprint density at radius 2 is 2.16 bits per heavy atom. The molecule has 98 valence electrons. The average Bonchev–Trinajstić information content (AvgIpc) is 3.06. The lowest BCUT2D eigenvalue weighted by Gasteiger charge is -2.08. The van der Waals surface area contributed by atoms with Gasteiger partial charge in [0.1, 0.15) is 0 Å². The van der Waals surface area contributed by atoms with Crippen LogP contribution in [0.4, 0.5) is 0 Å². The minimum Gasteiger partial charge on any atom is -0.360 e. The van der Waals surface area contributed by atoms with Gasteiger partial charge in [-0.2, -0.15) is 0 Å². The molecule has 0 aliphatic carbocycles. The van der Waals surface area contributed by atoms with Crippen molar-refractivity contribution >= 4 is 44.2 Å². The number of thiophene rings is 1. The predicted octanol–water partition coefficient (Wildman–Crippen LogP) is 4.44. The van der Waals surface area contributed by atoms with E-state index in [4.69, 9.17) is 0 Å². The molecule has 0 spiro atoms. The van der Waals surface area contributed by atoms with Gasteiger partial charge in [-0.15, -0.1) is 11.3 Å². The number of nitrogens with zero attached hydrogens (tertiary/aromatic N) is 1. The van der Waals surface area contributed by atoms with E-state index in [1.165, 1.54) is 10.4 Å². The van der Waals surface area contributed by atoms with Crippen molar-refractivity contribution in [2.45, 2.75) is 11.8 Å². The van der Waals surface area contributed by atoms with Crippen molar-refractivity contribution < 1.29 is 0 Å². The third-order valence-electron chi connectivity index (χ3n) is 2.86. The highest BCUT2D eigenvalue weighted by atomic mass is 79.9. The maximum Gasteiger partial charge on any atom is 0.157 e. The van der Waals surface area contributed by atoms with Crippen molar-refractivity contribution in [2.75, 3.05) is 6.54 Å². The molecule has 1 N–H and O–H groups in total. The van der Waals surface area contributed by atoms with Gasteiger partial charge in [-0.1, -0.05) is 42.1 Å². The third kappa shape index (κ3) is 3.41. The standard InChI is InChI=1S/C14H13BrN2S2/c15-11-6-12(18-9-11)7-16-14-17-8-13(19-14)10-4-2-1-3-5-10/h1-6,9,13H,7-8H2,(H,16,17). The van der Waals surface area contributed by atoms with Gasteiger partial charge < -0.3 is 5.32 Å². The quantitative estimate of drug-likeness (QED) is 0.882. The van der Waals surface area contributed by atoms with Crippen molar-refractivity contribution in [3.63, 3.8) is 0 Å². The summed E-state index contributed by atoms with van der Waals surface area (Å²) >= 11 is 7.05. The first-order valence-electron chi connectivity index (χ1n) is 6.04. The lowest BCUT2D eigenvalue weighted by atomic mass is 10.1. The predicted molar refractivity (Wildman–Crippen MR) is 87.9 cm³/mol. The summed E-state index contributed by atoms with van der Waals surface area (Å²) in [5.41, 5.74) is 1.35. The van der Waals surface area contributed by atoms with Crippen molar-refractivity contribution in [1.82, 2.24) is 5.32 Å². The molecule has 1 aromatic carbocycles. The summed E-state index contributed by atoms with van der Waals surface area (Å²) in [5, 5.41) is 7.03. The second-order valence-electron chi connectivity index (χ2n) is 4.25. The second kappa shape index (κ2) is 6.11. The number of halogens is 1. The molecular weight excluding hydrogens is 340 g/mol. The SMILES string of the molecule is Brc1csc(CNC2=NCC(c3ccccc3)S2)c1. The zero-order chi connectivity index (χ0) is 13.1. The Labute approximate surface area is 129 Å². The molecule has 2 nitrogen and oxygen atoms in total. The summed E-state index contributed by atoms with van der Waals surface area (Å²) in [5.74, 6) is 0. The van der Waals surface area contributed by atoms with Gasteiger partial charge in [-0.25, -0.2) is 0 Å². The molecule has 3 rings (SSSR count). The van der Waals surface area contributed by atoms with Gasteiger partial charge in [0.15, 0.2) is 5.17 Å². The van der Waals surface area contributed by atoms with Crippen LogP contribution in [0, 0.1) is 0 Å². The highest BCUT2D eigenvalue weighted by Crippen LogP contribution is 2.34. The monoisotopic (exact) mass is 352 g/mol. The van der Waals surface area contributed by atoms with Crippen LogP contribution < -0.4 is 5.32 Å². The first-order chi connectivity index (χ1) is 9.31. The number of amidine groups is 1. The van der Waals surface area contributed by atoms with E-state index in [1.54, 1.807) is 11.3 Å². The smallest absolute Gasteiger partial charge is 0.157 e. The lowest BCUT2D eigenvalue weighted by molar-refractivity contribution is 0.924. The molecule has 1 unspecified atom stereocenters. The molecule has 19 heavy (non-hydrogen) atoms. The van der Waals surface area contributed by atoms with Crippen LogP contribution in [0.25, 0.3) is 0 Å². The maximum atomic E-state index is 4.58. The lowest BCUT2D eigenvalue weighted by Crippen LogP contribution is -2.17. The fourth-order valence-corrected chi connectivity index (χ4v) is 4.33. The van der Waals surface area contributed by atoms with Crippen molar-refractivity contribution in [1.29, 1.82) is 0 Å².